The minimum Gasteiger partial charge on any atom is -0.346 e. The first kappa shape index (κ1) is 12.0. The van der Waals surface area contributed by atoms with Crippen LogP contribution < -0.4 is 5.73 Å². The van der Waals surface area contributed by atoms with Crippen LogP contribution in [0, 0.1) is 13.8 Å². The first-order valence-corrected chi connectivity index (χ1v) is 5.34. The van der Waals surface area contributed by atoms with E-state index < -0.39 is 6.04 Å². The van der Waals surface area contributed by atoms with Gasteiger partial charge in [-0.2, -0.15) is 0 Å². The summed E-state index contributed by atoms with van der Waals surface area (Å²) in [6, 6.07) is 1.88. The zero-order chi connectivity index (χ0) is 11.7. The van der Waals surface area contributed by atoms with Gasteiger partial charge in [0.1, 0.15) is 0 Å². The predicted molar refractivity (Wildman–Crippen MR) is 62.3 cm³/mol. The zero-order valence-corrected chi connectivity index (χ0v) is 10.2. The van der Waals surface area contributed by atoms with E-state index in [1.54, 1.807) is 6.92 Å². The summed E-state index contributed by atoms with van der Waals surface area (Å²) in [5.41, 5.74) is 8.51. The number of rotatable bonds is 3. The Morgan fingerprint density at radius 1 is 1.33 bits per heavy atom. The number of Topliss-reactive ketones (excluding diaryl/α,β-unsaturated/α-hetero) is 1. The molecule has 1 unspecified atom stereocenters. The van der Waals surface area contributed by atoms with Crippen LogP contribution in [0.3, 0.4) is 0 Å². The van der Waals surface area contributed by atoms with Crippen LogP contribution in [0.15, 0.2) is 6.07 Å². The molecule has 0 bridgehead atoms. The molecule has 0 radical (unpaired) electrons. The molecule has 1 aromatic rings. The molecule has 84 valence electrons. The van der Waals surface area contributed by atoms with Crippen LogP contribution >= 0.6 is 0 Å². The fourth-order valence-electron chi connectivity index (χ4n) is 2.07. The van der Waals surface area contributed by atoms with Crippen molar-refractivity contribution in [2.45, 2.75) is 46.7 Å². The highest BCUT2D eigenvalue weighted by Gasteiger charge is 2.19. The third-order valence-corrected chi connectivity index (χ3v) is 2.68. The van der Waals surface area contributed by atoms with Gasteiger partial charge in [0.2, 0.25) is 0 Å². The fraction of sp³-hybridized carbons (Fsp3) is 0.583. The minimum atomic E-state index is -0.425. The molecule has 15 heavy (non-hydrogen) atoms. The van der Waals surface area contributed by atoms with Gasteiger partial charge >= 0.3 is 0 Å². The molecular formula is C12H20N2O. The molecule has 1 aromatic heterocycles. The maximum Gasteiger partial charge on any atom is 0.181 e. The van der Waals surface area contributed by atoms with E-state index in [1.807, 2.05) is 19.9 Å². The molecule has 0 saturated carbocycles. The molecule has 0 aliphatic heterocycles. The smallest absolute Gasteiger partial charge is 0.181 e. The van der Waals surface area contributed by atoms with Crippen molar-refractivity contribution in [2.75, 3.05) is 0 Å². The number of ketones is 1. The zero-order valence-electron chi connectivity index (χ0n) is 10.2. The summed E-state index contributed by atoms with van der Waals surface area (Å²) in [4.78, 5) is 11.8. The van der Waals surface area contributed by atoms with Crippen molar-refractivity contribution in [1.29, 1.82) is 0 Å². The predicted octanol–water partition coefficient (Wildman–Crippen LogP) is 2.22. The lowest BCUT2D eigenvalue weighted by Crippen LogP contribution is -2.27. The standard InChI is InChI=1S/C12H20N2O/c1-7(2)14-8(3)6-11(10(14)5)12(15)9(4)13/h6-7,9H,13H2,1-5H3. The first-order valence-electron chi connectivity index (χ1n) is 5.34. The lowest BCUT2D eigenvalue weighted by Gasteiger charge is -2.13. The van der Waals surface area contributed by atoms with Crippen molar-refractivity contribution >= 4 is 5.78 Å². The molecule has 0 aliphatic rings. The van der Waals surface area contributed by atoms with E-state index in [2.05, 4.69) is 18.4 Å². The van der Waals surface area contributed by atoms with Crippen molar-refractivity contribution in [3.8, 4) is 0 Å². The fourth-order valence-corrected chi connectivity index (χ4v) is 2.07. The summed E-state index contributed by atoms with van der Waals surface area (Å²) in [6.07, 6.45) is 0. The summed E-state index contributed by atoms with van der Waals surface area (Å²) >= 11 is 0. The van der Waals surface area contributed by atoms with Gasteiger partial charge in [0.05, 0.1) is 6.04 Å². The summed E-state index contributed by atoms with van der Waals surface area (Å²) < 4.78 is 2.16. The average Bonchev–Trinajstić information content (AvgIpc) is 2.40. The minimum absolute atomic E-state index is 0.0231. The number of carbonyl (C=O) groups is 1. The third-order valence-electron chi connectivity index (χ3n) is 2.68. The summed E-state index contributed by atoms with van der Waals surface area (Å²) in [5.74, 6) is 0.0231. The Labute approximate surface area is 91.3 Å². The number of carbonyl (C=O) groups excluding carboxylic acids is 1. The Morgan fingerprint density at radius 2 is 1.87 bits per heavy atom. The van der Waals surface area contributed by atoms with Crippen LogP contribution in [0.2, 0.25) is 0 Å². The van der Waals surface area contributed by atoms with E-state index in [0.29, 0.717) is 6.04 Å². The normalized spacial score (nSPS) is 13.3. The van der Waals surface area contributed by atoms with E-state index in [4.69, 9.17) is 5.73 Å². The van der Waals surface area contributed by atoms with Gasteiger partial charge in [-0.25, -0.2) is 0 Å². The Morgan fingerprint density at radius 3 is 2.20 bits per heavy atom. The molecule has 0 spiro atoms. The molecule has 0 saturated heterocycles. The largest absolute Gasteiger partial charge is 0.346 e. The number of aryl methyl sites for hydroxylation is 1. The van der Waals surface area contributed by atoms with Crippen LogP contribution in [0.5, 0.6) is 0 Å². The van der Waals surface area contributed by atoms with E-state index in [9.17, 15) is 4.79 Å². The molecule has 0 amide bonds. The second kappa shape index (κ2) is 4.19. The highest BCUT2D eigenvalue weighted by Crippen LogP contribution is 2.20. The number of hydrogen-bond donors (Lipinski definition) is 1. The van der Waals surface area contributed by atoms with Gasteiger partial charge in [0, 0.05) is 23.0 Å². The quantitative estimate of drug-likeness (QED) is 0.774. The molecule has 3 heteroatoms. The van der Waals surface area contributed by atoms with Gasteiger partial charge in [0.15, 0.2) is 5.78 Å². The third kappa shape index (κ3) is 2.12. The Bertz CT molecular complexity index is 375. The van der Waals surface area contributed by atoms with Crippen LogP contribution in [0.4, 0.5) is 0 Å². The van der Waals surface area contributed by atoms with Gasteiger partial charge in [-0.3, -0.25) is 4.79 Å². The van der Waals surface area contributed by atoms with Crippen LogP contribution in [0.25, 0.3) is 0 Å². The molecule has 0 fully saturated rings. The molecule has 3 nitrogen and oxygen atoms in total. The number of hydrogen-bond acceptors (Lipinski definition) is 2. The van der Waals surface area contributed by atoms with Crippen LogP contribution in [-0.2, 0) is 0 Å². The highest BCUT2D eigenvalue weighted by molar-refractivity contribution is 6.01. The Balaban J connectivity index is 3.24. The second-order valence-electron chi connectivity index (χ2n) is 4.40. The molecular weight excluding hydrogens is 188 g/mol. The maximum atomic E-state index is 11.8. The molecule has 0 aliphatic carbocycles. The van der Waals surface area contributed by atoms with E-state index in [-0.39, 0.29) is 5.78 Å². The maximum absolute atomic E-state index is 11.8. The first-order chi connectivity index (χ1) is 6.86. The van der Waals surface area contributed by atoms with Gasteiger partial charge in [-0.1, -0.05) is 0 Å². The lowest BCUT2D eigenvalue weighted by atomic mass is 10.1. The van der Waals surface area contributed by atoms with Crippen molar-refractivity contribution in [2.24, 2.45) is 5.73 Å². The SMILES string of the molecule is Cc1cc(C(=O)C(C)N)c(C)n1C(C)C. The van der Waals surface area contributed by atoms with Gasteiger partial charge in [0.25, 0.3) is 0 Å². The molecule has 0 aromatic carbocycles. The van der Waals surface area contributed by atoms with Crippen molar-refractivity contribution in [1.82, 2.24) is 4.57 Å². The average molecular weight is 208 g/mol. The number of aromatic nitrogens is 1. The molecule has 1 heterocycles. The Hall–Kier alpha value is -1.09. The van der Waals surface area contributed by atoms with Crippen LogP contribution in [0.1, 0.15) is 48.6 Å². The number of nitrogens with zero attached hydrogens (tertiary/aromatic N) is 1. The highest BCUT2D eigenvalue weighted by atomic mass is 16.1. The number of nitrogens with two attached hydrogens (primary N) is 1. The summed E-state index contributed by atoms with van der Waals surface area (Å²) in [7, 11) is 0. The second-order valence-corrected chi connectivity index (χ2v) is 4.40. The van der Waals surface area contributed by atoms with Crippen molar-refractivity contribution in [3.05, 3.63) is 23.0 Å². The van der Waals surface area contributed by atoms with Crippen molar-refractivity contribution < 1.29 is 4.79 Å². The lowest BCUT2D eigenvalue weighted by molar-refractivity contribution is 0.0967. The molecule has 1 rings (SSSR count). The Kier molecular flexibility index (Phi) is 3.35. The van der Waals surface area contributed by atoms with E-state index in [1.165, 1.54) is 0 Å². The summed E-state index contributed by atoms with van der Waals surface area (Å²) in [6.45, 7) is 9.94. The monoisotopic (exact) mass is 208 g/mol. The van der Waals surface area contributed by atoms with Gasteiger partial charge in [-0.15, -0.1) is 0 Å². The summed E-state index contributed by atoms with van der Waals surface area (Å²) in [5, 5.41) is 0. The topological polar surface area (TPSA) is 48.0 Å². The van der Waals surface area contributed by atoms with Crippen molar-refractivity contribution in [3.63, 3.8) is 0 Å². The molecule has 2 N–H and O–H groups in total. The van der Waals surface area contributed by atoms with E-state index >= 15 is 0 Å². The van der Waals surface area contributed by atoms with Gasteiger partial charge < -0.3 is 10.3 Å². The van der Waals surface area contributed by atoms with Crippen LogP contribution in [-0.4, -0.2) is 16.4 Å². The van der Waals surface area contributed by atoms with E-state index in [0.717, 1.165) is 17.0 Å². The van der Waals surface area contributed by atoms with Gasteiger partial charge in [-0.05, 0) is 40.7 Å². The molecule has 1 atom stereocenters.